The fourth-order valence-corrected chi connectivity index (χ4v) is 1.99. The fourth-order valence-electron chi connectivity index (χ4n) is 1.99. The normalized spacial score (nSPS) is 12.3. The van der Waals surface area contributed by atoms with E-state index in [0.717, 1.165) is 5.56 Å². The molecule has 0 saturated heterocycles. The predicted molar refractivity (Wildman–Crippen MR) is 81.8 cm³/mol. The van der Waals surface area contributed by atoms with Crippen LogP contribution in [0.25, 0.3) is 23.2 Å². The van der Waals surface area contributed by atoms with Crippen molar-refractivity contribution in [3.8, 4) is 28.9 Å². The minimum Gasteiger partial charge on any atom is -0.497 e. The molecule has 2 heterocycles. The van der Waals surface area contributed by atoms with Crippen LogP contribution in [0.2, 0.25) is 0 Å². The van der Waals surface area contributed by atoms with Crippen LogP contribution in [0.15, 0.2) is 33.3 Å². The molecule has 1 N–H and O–H groups in total. The third-order valence-electron chi connectivity index (χ3n) is 3.38. The molecule has 0 bridgehead atoms. The summed E-state index contributed by atoms with van der Waals surface area (Å²) in [7, 11) is 3.48. The second kappa shape index (κ2) is 6.57. The number of ether oxygens (including phenoxy) is 1. The third-order valence-corrected chi connectivity index (χ3v) is 3.38. The van der Waals surface area contributed by atoms with E-state index in [0.29, 0.717) is 23.9 Å². The van der Waals surface area contributed by atoms with Gasteiger partial charge in [0.1, 0.15) is 5.75 Å². The Hall–Kier alpha value is -2.74. The van der Waals surface area contributed by atoms with Crippen molar-refractivity contribution in [2.24, 2.45) is 0 Å². The maximum atomic E-state index is 5.26. The first-order valence-electron chi connectivity index (χ1n) is 7.18. The van der Waals surface area contributed by atoms with Crippen LogP contribution in [0.1, 0.15) is 12.7 Å². The van der Waals surface area contributed by atoms with Gasteiger partial charge in [0.05, 0.1) is 7.11 Å². The zero-order valence-corrected chi connectivity index (χ0v) is 13.1. The van der Waals surface area contributed by atoms with E-state index >= 15 is 0 Å². The molecule has 3 rings (SSSR count). The number of rotatable bonds is 6. The molecule has 1 unspecified atom stereocenters. The summed E-state index contributed by atoms with van der Waals surface area (Å²) in [5.74, 6) is 2.17. The molecular formula is C15H17N5O3. The van der Waals surface area contributed by atoms with Gasteiger partial charge >= 0.3 is 0 Å². The lowest BCUT2D eigenvalue weighted by Crippen LogP contribution is -2.24. The molecule has 0 saturated carbocycles. The van der Waals surface area contributed by atoms with E-state index in [1.807, 2.05) is 38.2 Å². The molecule has 8 heteroatoms. The lowest BCUT2D eigenvalue weighted by Gasteiger charge is -2.04. The standard InChI is InChI=1S/C15H17N5O3/c1-9(16-2)7-12-17-15(23-19-12)13-18-14(22-20-13)10-5-4-6-11(8-10)21-3/h4-6,8-9,16H,7H2,1-3H3. The quantitative estimate of drug-likeness (QED) is 0.737. The lowest BCUT2D eigenvalue weighted by molar-refractivity contribution is 0.403. The highest BCUT2D eigenvalue weighted by atomic mass is 16.5. The number of hydrogen-bond donors (Lipinski definition) is 1. The van der Waals surface area contributed by atoms with Crippen molar-refractivity contribution in [2.45, 2.75) is 19.4 Å². The summed E-state index contributed by atoms with van der Waals surface area (Å²) in [6.07, 6.45) is 0.653. The van der Waals surface area contributed by atoms with Crippen molar-refractivity contribution < 1.29 is 13.8 Å². The minimum absolute atomic E-state index is 0.237. The van der Waals surface area contributed by atoms with Crippen LogP contribution in [0.5, 0.6) is 5.75 Å². The molecule has 0 aliphatic carbocycles. The lowest BCUT2D eigenvalue weighted by atomic mass is 10.2. The van der Waals surface area contributed by atoms with Gasteiger partial charge in [0.25, 0.3) is 17.6 Å². The molecule has 0 aliphatic rings. The first-order chi connectivity index (χ1) is 11.2. The van der Waals surface area contributed by atoms with Crippen molar-refractivity contribution in [1.82, 2.24) is 25.6 Å². The van der Waals surface area contributed by atoms with Gasteiger partial charge in [-0.2, -0.15) is 9.97 Å². The molecule has 0 radical (unpaired) electrons. The van der Waals surface area contributed by atoms with Gasteiger partial charge in [-0.3, -0.25) is 0 Å². The predicted octanol–water partition coefficient (Wildman–Crippen LogP) is 1.95. The fraction of sp³-hybridized carbons (Fsp3) is 0.333. The number of methoxy groups -OCH3 is 1. The Bertz CT molecular complexity index is 783. The van der Waals surface area contributed by atoms with Gasteiger partial charge in [-0.05, 0) is 32.2 Å². The Morgan fingerprint density at radius 3 is 2.78 bits per heavy atom. The summed E-state index contributed by atoms with van der Waals surface area (Å²) < 4.78 is 15.6. The molecule has 23 heavy (non-hydrogen) atoms. The Labute approximate surface area is 132 Å². The second-order valence-electron chi connectivity index (χ2n) is 5.06. The average molecular weight is 315 g/mol. The molecular weight excluding hydrogens is 298 g/mol. The molecule has 1 aromatic carbocycles. The summed E-state index contributed by atoms with van der Waals surface area (Å²) in [6, 6.07) is 7.60. The van der Waals surface area contributed by atoms with Crippen LogP contribution >= 0.6 is 0 Å². The number of nitrogens with one attached hydrogen (secondary N) is 1. The van der Waals surface area contributed by atoms with Crippen molar-refractivity contribution >= 4 is 0 Å². The minimum atomic E-state index is 0.237. The highest BCUT2D eigenvalue weighted by molar-refractivity contribution is 5.57. The third kappa shape index (κ3) is 3.37. The number of nitrogens with zero attached hydrogens (tertiary/aromatic N) is 4. The SMILES string of the molecule is CNC(C)Cc1noc(-c2noc(-c3cccc(OC)c3)n2)n1. The Balaban J connectivity index is 1.81. The second-order valence-corrected chi connectivity index (χ2v) is 5.06. The Kier molecular flexibility index (Phi) is 4.33. The van der Waals surface area contributed by atoms with E-state index in [1.165, 1.54) is 0 Å². The molecule has 0 fully saturated rings. The Morgan fingerprint density at radius 1 is 1.17 bits per heavy atom. The maximum Gasteiger partial charge on any atom is 0.299 e. The maximum absolute atomic E-state index is 5.26. The first-order valence-corrected chi connectivity index (χ1v) is 7.18. The molecule has 0 aliphatic heterocycles. The largest absolute Gasteiger partial charge is 0.497 e. The summed E-state index contributed by atoms with van der Waals surface area (Å²) in [5.41, 5.74) is 0.756. The van der Waals surface area contributed by atoms with E-state index in [-0.39, 0.29) is 17.8 Å². The zero-order valence-electron chi connectivity index (χ0n) is 13.1. The van der Waals surface area contributed by atoms with Gasteiger partial charge in [-0.25, -0.2) is 0 Å². The topological polar surface area (TPSA) is 99.1 Å². The van der Waals surface area contributed by atoms with Crippen LogP contribution in [0, 0.1) is 0 Å². The van der Waals surface area contributed by atoms with Gasteiger partial charge in [0.2, 0.25) is 0 Å². The van der Waals surface area contributed by atoms with Crippen LogP contribution in [-0.4, -0.2) is 40.5 Å². The number of benzene rings is 1. The highest BCUT2D eigenvalue weighted by Crippen LogP contribution is 2.24. The van der Waals surface area contributed by atoms with Crippen molar-refractivity contribution in [3.63, 3.8) is 0 Å². The molecule has 8 nitrogen and oxygen atoms in total. The van der Waals surface area contributed by atoms with E-state index in [9.17, 15) is 0 Å². The monoisotopic (exact) mass is 315 g/mol. The summed E-state index contributed by atoms with van der Waals surface area (Å²) in [5, 5.41) is 10.9. The van der Waals surface area contributed by atoms with E-state index < -0.39 is 0 Å². The van der Waals surface area contributed by atoms with Gasteiger partial charge in [0, 0.05) is 18.0 Å². The summed E-state index contributed by atoms with van der Waals surface area (Å²) >= 11 is 0. The highest BCUT2D eigenvalue weighted by Gasteiger charge is 2.17. The molecule has 120 valence electrons. The van der Waals surface area contributed by atoms with Crippen LogP contribution in [-0.2, 0) is 6.42 Å². The number of likely N-dealkylation sites (N-methyl/N-ethyl adjacent to an activating group) is 1. The molecule has 0 amide bonds. The van der Waals surface area contributed by atoms with Crippen molar-refractivity contribution in [3.05, 3.63) is 30.1 Å². The summed E-state index contributed by atoms with van der Waals surface area (Å²) in [6.45, 7) is 2.03. The van der Waals surface area contributed by atoms with E-state index in [1.54, 1.807) is 7.11 Å². The first kappa shape index (κ1) is 15.2. The van der Waals surface area contributed by atoms with Crippen molar-refractivity contribution in [2.75, 3.05) is 14.2 Å². The van der Waals surface area contributed by atoms with Crippen LogP contribution in [0.3, 0.4) is 0 Å². The molecule has 1 atom stereocenters. The van der Waals surface area contributed by atoms with E-state index in [4.69, 9.17) is 13.8 Å². The van der Waals surface area contributed by atoms with Gasteiger partial charge in [-0.1, -0.05) is 16.4 Å². The number of aromatic nitrogens is 4. The van der Waals surface area contributed by atoms with Crippen molar-refractivity contribution in [1.29, 1.82) is 0 Å². The molecule has 0 spiro atoms. The smallest absolute Gasteiger partial charge is 0.299 e. The Morgan fingerprint density at radius 2 is 2.00 bits per heavy atom. The van der Waals surface area contributed by atoms with E-state index in [2.05, 4.69) is 25.6 Å². The van der Waals surface area contributed by atoms with Gasteiger partial charge in [0.15, 0.2) is 5.82 Å². The van der Waals surface area contributed by atoms with Crippen LogP contribution < -0.4 is 10.1 Å². The molecule has 3 aromatic rings. The van der Waals surface area contributed by atoms with Crippen LogP contribution in [0.4, 0.5) is 0 Å². The zero-order chi connectivity index (χ0) is 16.2. The summed E-state index contributed by atoms with van der Waals surface area (Å²) in [4.78, 5) is 8.58. The molecule has 2 aromatic heterocycles. The van der Waals surface area contributed by atoms with Gasteiger partial charge < -0.3 is 19.1 Å². The van der Waals surface area contributed by atoms with Gasteiger partial charge in [-0.15, -0.1) is 0 Å². The number of hydrogen-bond acceptors (Lipinski definition) is 8. The average Bonchev–Trinajstić information content (AvgIpc) is 3.24.